The van der Waals surface area contributed by atoms with Crippen LogP contribution in [0.2, 0.25) is 5.02 Å². The lowest BCUT2D eigenvalue weighted by atomic mass is 10.2. The van der Waals surface area contributed by atoms with E-state index in [1.54, 1.807) is 6.07 Å². The van der Waals surface area contributed by atoms with Crippen LogP contribution in [0.25, 0.3) is 0 Å². The molecule has 1 unspecified atom stereocenters. The first-order chi connectivity index (χ1) is 7.04. The number of halogens is 2. The van der Waals surface area contributed by atoms with Gasteiger partial charge >= 0.3 is 0 Å². The fourth-order valence-corrected chi connectivity index (χ4v) is 1.37. The quantitative estimate of drug-likeness (QED) is 0.844. The van der Waals surface area contributed by atoms with Crippen molar-refractivity contribution in [2.24, 2.45) is 0 Å². The van der Waals surface area contributed by atoms with E-state index in [4.69, 9.17) is 11.6 Å². The Morgan fingerprint density at radius 1 is 1.60 bits per heavy atom. The second kappa shape index (κ2) is 5.52. The summed E-state index contributed by atoms with van der Waals surface area (Å²) in [6.45, 7) is 3.87. The van der Waals surface area contributed by atoms with Crippen LogP contribution in [0.1, 0.15) is 18.9 Å². The molecule has 0 heterocycles. The molecule has 0 saturated carbocycles. The van der Waals surface area contributed by atoms with Gasteiger partial charge in [-0.25, -0.2) is 0 Å². The second-order valence-corrected chi connectivity index (χ2v) is 4.84. The summed E-state index contributed by atoms with van der Waals surface area (Å²) in [5, 5.41) is 3.45. The highest BCUT2D eigenvalue weighted by Gasteiger charge is 2.12. The molecule has 2 nitrogen and oxygen atoms in total. The molecule has 0 aliphatic heterocycles. The van der Waals surface area contributed by atoms with Gasteiger partial charge in [0.1, 0.15) is 0 Å². The molecule has 0 aliphatic carbocycles. The number of alkyl halides is 1. The first-order valence-electron chi connectivity index (χ1n) is 4.75. The van der Waals surface area contributed by atoms with Gasteiger partial charge in [-0.3, -0.25) is 4.79 Å². The Bertz CT molecular complexity index is 368. The van der Waals surface area contributed by atoms with Crippen molar-refractivity contribution in [1.29, 1.82) is 0 Å². The minimum Gasteiger partial charge on any atom is -0.325 e. The maximum atomic E-state index is 11.5. The van der Waals surface area contributed by atoms with Crippen LogP contribution in [-0.4, -0.2) is 10.7 Å². The Morgan fingerprint density at radius 2 is 2.27 bits per heavy atom. The lowest BCUT2D eigenvalue weighted by molar-refractivity contribution is -0.115. The van der Waals surface area contributed by atoms with E-state index in [9.17, 15) is 4.79 Å². The third-order valence-electron chi connectivity index (χ3n) is 2.08. The minimum absolute atomic E-state index is 0.0441. The maximum Gasteiger partial charge on any atom is 0.238 e. The Labute approximate surface area is 103 Å². The summed E-state index contributed by atoms with van der Waals surface area (Å²) in [4.78, 5) is 11.4. The van der Waals surface area contributed by atoms with E-state index in [1.807, 2.05) is 26.0 Å². The molecule has 1 aromatic rings. The number of hydrogen-bond donors (Lipinski definition) is 1. The standard InChI is InChI=1S/C11H13BrClNO/c1-3-9(12)11(15)14-8-5-4-7(2)10(13)6-8/h4-6,9H,3H2,1-2H3,(H,14,15). The van der Waals surface area contributed by atoms with Crippen LogP contribution in [0.4, 0.5) is 5.69 Å². The minimum atomic E-state index is -0.155. The van der Waals surface area contributed by atoms with E-state index in [2.05, 4.69) is 21.2 Å². The summed E-state index contributed by atoms with van der Waals surface area (Å²) in [6, 6.07) is 5.48. The van der Waals surface area contributed by atoms with Crippen molar-refractivity contribution in [3.63, 3.8) is 0 Å². The summed E-state index contributed by atoms with van der Waals surface area (Å²) in [6.07, 6.45) is 0.755. The lowest BCUT2D eigenvalue weighted by Gasteiger charge is -2.09. The number of hydrogen-bond acceptors (Lipinski definition) is 1. The van der Waals surface area contributed by atoms with Crippen LogP contribution in [0.5, 0.6) is 0 Å². The third-order valence-corrected chi connectivity index (χ3v) is 3.55. The molecule has 0 fully saturated rings. The molecule has 0 aliphatic rings. The number of benzene rings is 1. The Morgan fingerprint density at radius 3 is 2.80 bits per heavy atom. The van der Waals surface area contributed by atoms with Crippen molar-refractivity contribution in [2.45, 2.75) is 25.1 Å². The molecule has 1 atom stereocenters. The van der Waals surface area contributed by atoms with Crippen LogP contribution in [0.15, 0.2) is 18.2 Å². The van der Waals surface area contributed by atoms with Gasteiger partial charge < -0.3 is 5.32 Å². The van der Waals surface area contributed by atoms with Crippen LogP contribution in [0, 0.1) is 6.92 Å². The molecule has 0 aromatic heterocycles. The van der Waals surface area contributed by atoms with E-state index >= 15 is 0 Å². The molecule has 1 aromatic carbocycles. The van der Waals surface area contributed by atoms with Gasteiger partial charge in [-0.15, -0.1) is 0 Å². The van der Waals surface area contributed by atoms with Crippen molar-refractivity contribution in [3.05, 3.63) is 28.8 Å². The van der Waals surface area contributed by atoms with E-state index in [-0.39, 0.29) is 10.7 Å². The molecule has 0 saturated heterocycles. The zero-order valence-corrected chi connectivity index (χ0v) is 11.0. The zero-order chi connectivity index (χ0) is 11.4. The molecule has 1 amide bonds. The van der Waals surface area contributed by atoms with Gasteiger partial charge in [-0.05, 0) is 31.0 Å². The molecule has 4 heteroatoms. The SMILES string of the molecule is CCC(Br)C(=O)Nc1ccc(C)c(Cl)c1. The molecule has 82 valence electrons. The van der Waals surface area contributed by atoms with Gasteiger partial charge in [0.2, 0.25) is 5.91 Å². The Hall–Kier alpha value is -0.540. The van der Waals surface area contributed by atoms with E-state index < -0.39 is 0 Å². The van der Waals surface area contributed by atoms with Crippen molar-refractivity contribution >= 4 is 39.1 Å². The number of carbonyl (C=O) groups is 1. The van der Waals surface area contributed by atoms with Crippen molar-refractivity contribution in [3.8, 4) is 0 Å². The summed E-state index contributed by atoms with van der Waals surface area (Å²) in [5.41, 5.74) is 1.73. The number of amides is 1. The molecule has 0 radical (unpaired) electrons. The zero-order valence-electron chi connectivity index (χ0n) is 8.68. The highest BCUT2D eigenvalue weighted by Crippen LogP contribution is 2.20. The van der Waals surface area contributed by atoms with E-state index in [0.717, 1.165) is 17.7 Å². The predicted octanol–water partition coefficient (Wildman–Crippen LogP) is 3.76. The molecular weight excluding hydrogens is 277 g/mol. The van der Waals surface area contributed by atoms with Gasteiger partial charge in [0.25, 0.3) is 0 Å². The van der Waals surface area contributed by atoms with Gasteiger partial charge in [0.05, 0.1) is 4.83 Å². The molecule has 0 spiro atoms. The van der Waals surface area contributed by atoms with Gasteiger partial charge in [-0.2, -0.15) is 0 Å². The Kier molecular flexibility index (Phi) is 4.61. The van der Waals surface area contributed by atoms with Crippen LogP contribution >= 0.6 is 27.5 Å². The monoisotopic (exact) mass is 289 g/mol. The third kappa shape index (κ3) is 3.50. The van der Waals surface area contributed by atoms with Gasteiger partial charge in [0.15, 0.2) is 0 Å². The van der Waals surface area contributed by atoms with Crippen molar-refractivity contribution < 1.29 is 4.79 Å². The summed E-state index contributed by atoms with van der Waals surface area (Å²) >= 11 is 9.24. The summed E-state index contributed by atoms with van der Waals surface area (Å²) < 4.78 is 0. The molecule has 0 bridgehead atoms. The fourth-order valence-electron chi connectivity index (χ4n) is 1.08. The average molecular weight is 291 g/mol. The van der Waals surface area contributed by atoms with Crippen LogP contribution < -0.4 is 5.32 Å². The predicted molar refractivity (Wildman–Crippen MR) is 67.8 cm³/mol. The first kappa shape index (κ1) is 12.5. The van der Waals surface area contributed by atoms with Crippen molar-refractivity contribution in [2.75, 3.05) is 5.32 Å². The van der Waals surface area contributed by atoms with Gasteiger partial charge in [0, 0.05) is 10.7 Å². The molecular formula is C11H13BrClNO. The number of rotatable bonds is 3. The first-order valence-corrected chi connectivity index (χ1v) is 6.05. The second-order valence-electron chi connectivity index (χ2n) is 3.33. The highest BCUT2D eigenvalue weighted by molar-refractivity contribution is 9.10. The van der Waals surface area contributed by atoms with Crippen molar-refractivity contribution in [1.82, 2.24) is 0 Å². The van der Waals surface area contributed by atoms with Gasteiger partial charge in [-0.1, -0.05) is 40.5 Å². The average Bonchev–Trinajstić information content (AvgIpc) is 2.22. The van der Waals surface area contributed by atoms with E-state index in [0.29, 0.717) is 5.02 Å². The summed E-state index contributed by atoms with van der Waals surface area (Å²) in [7, 11) is 0. The van der Waals surface area contributed by atoms with E-state index in [1.165, 1.54) is 0 Å². The number of carbonyl (C=O) groups excluding carboxylic acids is 1. The molecule has 1 rings (SSSR count). The number of aryl methyl sites for hydroxylation is 1. The molecule has 15 heavy (non-hydrogen) atoms. The maximum absolute atomic E-state index is 11.5. The Balaban J connectivity index is 2.73. The van der Waals surface area contributed by atoms with Crippen LogP contribution in [0.3, 0.4) is 0 Å². The van der Waals surface area contributed by atoms with Crippen LogP contribution in [-0.2, 0) is 4.79 Å². The smallest absolute Gasteiger partial charge is 0.238 e. The number of anilines is 1. The fraction of sp³-hybridized carbons (Fsp3) is 0.364. The lowest BCUT2D eigenvalue weighted by Crippen LogP contribution is -2.21. The normalized spacial score (nSPS) is 12.3. The number of nitrogens with one attached hydrogen (secondary N) is 1. The highest BCUT2D eigenvalue weighted by atomic mass is 79.9. The topological polar surface area (TPSA) is 29.1 Å². The largest absolute Gasteiger partial charge is 0.325 e. The molecule has 1 N–H and O–H groups in total. The summed E-state index contributed by atoms with van der Waals surface area (Å²) in [5.74, 6) is -0.0441.